The van der Waals surface area contributed by atoms with Gasteiger partial charge in [-0.15, -0.1) is 0 Å². The first kappa shape index (κ1) is 20.5. The van der Waals surface area contributed by atoms with Gasteiger partial charge in [0, 0.05) is 45.0 Å². The van der Waals surface area contributed by atoms with Gasteiger partial charge in [0.05, 0.1) is 6.54 Å². The number of aliphatic imine (C=N–C) groups is 1. The molecule has 0 amide bonds. The zero-order valence-corrected chi connectivity index (χ0v) is 16.0. The molecule has 148 valence electrons. The lowest BCUT2D eigenvalue weighted by molar-refractivity contribution is -0.142. The standard InChI is InChI=1S/C17H29F3N6/c1-5-21-16(24(3)12-14-8-7-9-26(14)6-2)22-10-13-11-25(4)23-15(13)17(18,19)20/h11,14H,5-10,12H2,1-4H3,(H,21,22). The Labute approximate surface area is 153 Å². The monoisotopic (exact) mass is 374 g/mol. The van der Waals surface area contributed by atoms with E-state index in [1.165, 1.54) is 24.3 Å². The normalized spacial score (nSPS) is 19.2. The van der Waals surface area contributed by atoms with Crippen molar-refractivity contribution in [2.75, 3.05) is 33.2 Å². The van der Waals surface area contributed by atoms with Gasteiger partial charge in [0.1, 0.15) is 0 Å². The fourth-order valence-corrected chi connectivity index (χ4v) is 3.44. The Hall–Kier alpha value is -1.77. The average molecular weight is 374 g/mol. The highest BCUT2D eigenvalue weighted by Gasteiger charge is 2.36. The van der Waals surface area contributed by atoms with Gasteiger partial charge in [-0.2, -0.15) is 18.3 Å². The molecule has 9 heteroatoms. The topological polar surface area (TPSA) is 48.7 Å². The maximum Gasteiger partial charge on any atom is 0.435 e. The van der Waals surface area contributed by atoms with Gasteiger partial charge >= 0.3 is 6.18 Å². The molecule has 1 aliphatic rings. The molecule has 1 saturated heterocycles. The third kappa shape index (κ3) is 5.12. The highest BCUT2D eigenvalue weighted by atomic mass is 19.4. The molecular formula is C17H29F3N6. The van der Waals surface area contributed by atoms with E-state index in [0.29, 0.717) is 18.5 Å². The lowest BCUT2D eigenvalue weighted by atomic mass is 10.2. The number of guanidine groups is 1. The van der Waals surface area contributed by atoms with Crippen LogP contribution in [0.3, 0.4) is 0 Å². The number of alkyl halides is 3. The number of aromatic nitrogens is 2. The minimum Gasteiger partial charge on any atom is -0.357 e. The summed E-state index contributed by atoms with van der Waals surface area (Å²) in [5.41, 5.74) is -0.782. The van der Waals surface area contributed by atoms with Crippen molar-refractivity contribution in [1.29, 1.82) is 0 Å². The zero-order valence-electron chi connectivity index (χ0n) is 16.0. The molecule has 2 rings (SSSR count). The highest BCUT2D eigenvalue weighted by Crippen LogP contribution is 2.30. The van der Waals surface area contributed by atoms with Crippen LogP contribution in [0.5, 0.6) is 0 Å². The summed E-state index contributed by atoms with van der Waals surface area (Å²) in [5, 5.41) is 6.71. The number of halogens is 3. The van der Waals surface area contributed by atoms with Gasteiger partial charge < -0.3 is 10.2 Å². The summed E-state index contributed by atoms with van der Waals surface area (Å²) in [4.78, 5) is 8.86. The Morgan fingerprint density at radius 3 is 2.77 bits per heavy atom. The van der Waals surface area contributed by atoms with E-state index in [2.05, 4.69) is 27.2 Å². The summed E-state index contributed by atoms with van der Waals surface area (Å²) in [6, 6.07) is 0.456. The Kier molecular flexibility index (Phi) is 6.91. The second-order valence-corrected chi connectivity index (χ2v) is 6.65. The Morgan fingerprint density at radius 2 is 2.15 bits per heavy atom. The predicted molar refractivity (Wildman–Crippen MR) is 95.9 cm³/mol. The number of aryl methyl sites for hydroxylation is 1. The third-order valence-corrected chi connectivity index (χ3v) is 4.66. The first-order valence-electron chi connectivity index (χ1n) is 9.09. The van der Waals surface area contributed by atoms with E-state index in [1.807, 2.05) is 18.9 Å². The molecule has 0 radical (unpaired) electrons. The largest absolute Gasteiger partial charge is 0.435 e. The van der Waals surface area contributed by atoms with Crippen LogP contribution in [-0.4, -0.2) is 64.8 Å². The van der Waals surface area contributed by atoms with E-state index in [9.17, 15) is 13.2 Å². The van der Waals surface area contributed by atoms with Crippen molar-refractivity contribution in [2.45, 2.75) is 45.5 Å². The zero-order chi connectivity index (χ0) is 19.3. The van der Waals surface area contributed by atoms with Crippen molar-refractivity contribution in [1.82, 2.24) is 24.9 Å². The maximum atomic E-state index is 13.1. The first-order valence-corrected chi connectivity index (χ1v) is 9.09. The summed E-state index contributed by atoms with van der Waals surface area (Å²) in [5.74, 6) is 0.618. The van der Waals surface area contributed by atoms with Crippen molar-refractivity contribution in [3.63, 3.8) is 0 Å². The SMILES string of the molecule is CCNC(=NCc1cn(C)nc1C(F)(F)F)N(C)CC1CCCN1CC. The van der Waals surface area contributed by atoms with Gasteiger partial charge in [-0.05, 0) is 32.9 Å². The van der Waals surface area contributed by atoms with Crippen LogP contribution in [0.1, 0.15) is 37.9 Å². The van der Waals surface area contributed by atoms with Crippen molar-refractivity contribution in [2.24, 2.45) is 12.0 Å². The Morgan fingerprint density at radius 1 is 1.42 bits per heavy atom. The lowest BCUT2D eigenvalue weighted by Crippen LogP contribution is -2.45. The summed E-state index contributed by atoms with van der Waals surface area (Å²) in [6.07, 6.45) is -0.767. The van der Waals surface area contributed by atoms with Gasteiger partial charge in [0.25, 0.3) is 0 Å². The number of rotatable bonds is 6. The first-order chi connectivity index (χ1) is 12.3. The van der Waals surface area contributed by atoms with E-state index in [0.717, 1.165) is 26.1 Å². The molecule has 1 aliphatic heterocycles. The van der Waals surface area contributed by atoms with Crippen LogP contribution >= 0.6 is 0 Å². The van der Waals surface area contributed by atoms with E-state index in [-0.39, 0.29) is 12.1 Å². The summed E-state index contributed by atoms with van der Waals surface area (Å²) in [6.45, 7) is 7.62. The van der Waals surface area contributed by atoms with E-state index < -0.39 is 11.9 Å². The summed E-state index contributed by atoms with van der Waals surface area (Å²) >= 11 is 0. The molecule has 6 nitrogen and oxygen atoms in total. The molecule has 0 aromatic carbocycles. The molecule has 0 saturated carbocycles. The second kappa shape index (κ2) is 8.75. The Bertz CT molecular complexity index is 610. The van der Waals surface area contributed by atoms with E-state index in [4.69, 9.17) is 0 Å². The molecule has 0 spiro atoms. The van der Waals surface area contributed by atoms with Crippen molar-refractivity contribution in [3.05, 3.63) is 17.5 Å². The average Bonchev–Trinajstić information content (AvgIpc) is 3.16. The molecule has 0 bridgehead atoms. The fraction of sp³-hybridized carbons (Fsp3) is 0.765. The van der Waals surface area contributed by atoms with Crippen LogP contribution in [0, 0.1) is 0 Å². The van der Waals surface area contributed by atoms with E-state index >= 15 is 0 Å². The van der Waals surface area contributed by atoms with Gasteiger partial charge in [-0.3, -0.25) is 9.58 Å². The van der Waals surface area contributed by atoms with Crippen LogP contribution in [0.2, 0.25) is 0 Å². The van der Waals surface area contributed by atoms with Crippen molar-refractivity contribution < 1.29 is 13.2 Å². The molecule has 1 aromatic heterocycles. The highest BCUT2D eigenvalue weighted by molar-refractivity contribution is 5.79. The van der Waals surface area contributed by atoms with Gasteiger partial charge in [-0.25, -0.2) is 4.99 Å². The van der Waals surface area contributed by atoms with Crippen molar-refractivity contribution >= 4 is 5.96 Å². The molecular weight excluding hydrogens is 345 g/mol. The molecule has 26 heavy (non-hydrogen) atoms. The number of likely N-dealkylation sites (tertiary alicyclic amines) is 1. The predicted octanol–water partition coefficient (Wildman–Crippen LogP) is 2.32. The minimum atomic E-state index is -4.47. The molecule has 1 aromatic rings. The molecule has 1 atom stereocenters. The number of nitrogens with zero attached hydrogens (tertiary/aromatic N) is 5. The molecule has 2 heterocycles. The van der Waals surface area contributed by atoms with E-state index in [1.54, 1.807) is 0 Å². The lowest BCUT2D eigenvalue weighted by Gasteiger charge is -2.29. The summed E-state index contributed by atoms with van der Waals surface area (Å²) in [7, 11) is 3.42. The number of likely N-dealkylation sites (N-methyl/N-ethyl adjacent to an activating group) is 2. The van der Waals surface area contributed by atoms with Crippen LogP contribution in [0.4, 0.5) is 13.2 Å². The van der Waals surface area contributed by atoms with Crippen LogP contribution < -0.4 is 5.32 Å². The number of hydrogen-bond acceptors (Lipinski definition) is 3. The smallest absolute Gasteiger partial charge is 0.357 e. The molecule has 1 unspecified atom stereocenters. The Balaban J connectivity index is 2.11. The van der Waals surface area contributed by atoms with Gasteiger partial charge in [-0.1, -0.05) is 6.92 Å². The molecule has 1 fully saturated rings. The third-order valence-electron chi connectivity index (χ3n) is 4.66. The second-order valence-electron chi connectivity index (χ2n) is 6.65. The fourth-order valence-electron chi connectivity index (χ4n) is 3.44. The minimum absolute atomic E-state index is 0.0580. The number of nitrogens with one attached hydrogen (secondary N) is 1. The van der Waals surface area contributed by atoms with Gasteiger partial charge in [0.15, 0.2) is 11.7 Å². The van der Waals surface area contributed by atoms with Crippen molar-refractivity contribution in [3.8, 4) is 0 Å². The molecule has 0 aliphatic carbocycles. The van der Waals surface area contributed by atoms with Crippen LogP contribution in [0.15, 0.2) is 11.2 Å². The van der Waals surface area contributed by atoms with Gasteiger partial charge in [0.2, 0.25) is 0 Å². The maximum absolute atomic E-state index is 13.1. The van der Waals surface area contributed by atoms with Crippen LogP contribution in [0.25, 0.3) is 0 Å². The quantitative estimate of drug-likeness (QED) is 0.613. The molecule has 1 N–H and O–H groups in total. The number of hydrogen-bond donors (Lipinski definition) is 1. The van der Waals surface area contributed by atoms with Crippen LogP contribution in [-0.2, 0) is 19.8 Å². The summed E-state index contributed by atoms with van der Waals surface area (Å²) < 4.78 is 40.5.